The molecule has 0 aliphatic rings. The first-order chi connectivity index (χ1) is 14.8. The molecule has 3 rings (SSSR count). The lowest BCUT2D eigenvalue weighted by atomic mass is 10.1. The van der Waals surface area contributed by atoms with Gasteiger partial charge in [-0.15, -0.1) is 24.5 Å². The smallest absolute Gasteiger partial charge is 0.406 e. The van der Waals surface area contributed by atoms with Crippen molar-refractivity contribution in [2.24, 2.45) is 0 Å². The Morgan fingerprint density at radius 1 is 1.10 bits per heavy atom. The van der Waals surface area contributed by atoms with Crippen LogP contribution in [0.4, 0.5) is 13.2 Å². The van der Waals surface area contributed by atoms with Crippen molar-refractivity contribution in [3.8, 4) is 5.75 Å². The Kier molecular flexibility index (Phi) is 7.89. The van der Waals surface area contributed by atoms with Gasteiger partial charge < -0.3 is 15.4 Å². The van der Waals surface area contributed by atoms with Crippen LogP contribution in [0.1, 0.15) is 26.6 Å². The number of carbonyl (C=O) groups excluding carboxylic acids is 1. The number of aromatic nitrogens is 1. The quantitative estimate of drug-likeness (QED) is 0.465. The summed E-state index contributed by atoms with van der Waals surface area (Å²) in [6.07, 6.45) is -4.04. The number of hydrogen-bond acceptors (Lipinski definition) is 5. The summed E-state index contributed by atoms with van der Waals surface area (Å²) >= 11 is 7.30. The predicted octanol–water partition coefficient (Wildman–Crippen LogP) is 4.96. The van der Waals surface area contributed by atoms with Crippen molar-refractivity contribution in [3.63, 3.8) is 0 Å². The van der Waals surface area contributed by atoms with Crippen LogP contribution >= 0.6 is 22.9 Å². The molecule has 3 aromatic rings. The lowest BCUT2D eigenvalue weighted by molar-refractivity contribution is -0.274. The number of alkyl halides is 3. The van der Waals surface area contributed by atoms with E-state index in [0.717, 1.165) is 16.1 Å². The normalized spacial score (nSPS) is 11.4. The van der Waals surface area contributed by atoms with Gasteiger partial charge in [0.1, 0.15) is 16.5 Å². The molecule has 2 N–H and O–H groups in total. The molecule has 0 unspecified atom stereocenters. The fourth-order valence-corrected chi connectivity index (χ4v) is 3.68. The number of ether oxygens (including phenoxy) is 1. The Morgan fingerprint density at radius 2 is 1.87 bits per heavy atom. The zero-order chi connectivity index (χ0) is 22.3. The fourth-order valence-electron chi connectivity index (χ4n) is 2.72. The highest BCUT2D eigenvalue weighted by molar-refractivity contribution is 7.09. The van der Waals surface area contributed by atoms with Crippen LogP contribution < -0.4 is 15.4 Å². The minimum Gasteiger partial charge on any atom is -0.406 e. The summed E-state index contributed by atoms with van der Waals surface area (Å²) in [6, 6.07) is 13.1. The molecule has 0 saturated carbocycles. The van der Waals surface area contributed by atoms with Gasteiger partial charge in [-0.2, -0.15) is 0 Å². The topological polar surface area (TPSA) is 63.2 Å². The molecule has 0 atom stereocenters. The van der Waals surface area contributed by atoms with E-state index in [1.54, 1.807) is 23.6 Å². The van der Waals surface area contributed by atoms with Crippen LogP contribution in [-0.4, -0.2) is 23.8 Å². The molecule has 31 heavy (non-hydrogen) atoms. The second-order valence-corrected chi connectivity index (χ2v) is 7.94. The Balaban J connectivity index is 1.40. The van der Waals surface area contributed by atoms with E-state index in [4.69, 9.17) is 11.6 Å². The molecule has 5 nitrogen and oxygen atoms in total. The lowest BCUT2D eigenvalue weighted by Crippen LogP contribution is -2.26. The average Bonchev–Trinajstić information content (AvgIpc) is 3.17. The highest BCUT2D eigenvalue weighted by Gasteiger charge is 2.30. The molecule has 0 saturated heterocycles. The minimum absolute atomic E-state index is 0.246. The first-order valence-corrected chi connectivity index (χ1v) is 10.6. The molecule has 10 heteroatoms. The van der Waals surface area contributed by atoms with Crippen molar-refractivity contribution in [2.45, 2.75) is 25.9 Å². The molecule has 164 valence electrons. The third-order valence-electron chi connectivity index (χ3n) is 4.13. The SMILES string of the molecule is O=C(NCCc1cccc(Cl)c1)c1csc(CNCc2ccc(OC(F)(F)F)cc2)n1. The summed E-state index contributed by atoms with van der Waals surface area (Å²) in [5.41, 5.74) is 2.18. The first-order valence-electron chi connectivity index (χ1n) is 9.31. The van der Waals surface area contributed by atoms with Crippen LogP contribution in [0.25, 0.3) is 0 Å². The van der Waals surface area contributed by atoms with E-state index >= 15 is 0 Å². The van der Waals surface area contributed by atoms with Crippen LogP contribution in [-0.2, 0) is 19.5 Å². The number of hydrogen-bond donors (Lipinski definition) is 2. The van der Waals surface area contributed by atoms with E-state index in [0.29, 0.717) is 36.8 Å². The van der Waals surface area contributed by atoms with Gasteiger partial charge in [0, 0.05) is 30.0 Å². The number of benzene rings is 2. The summed E-state index contributed by atoms with van der Waals surface area (Å²) in [4.78, 5) is 16.5. The molecule has 0 radical (unpaired) electrons. The van der Waals surface area contributed by atoms with Gasteiger partial charge in [0.25, 0.3) is 5.91 Å². The molecule has 0 aliphatic carbocycles. The van der Waals surface area contributed by atoms with Gasteiger partial charge in [0.15, 0.2) is 0 Å². The number of nitrogens with one attached hydrogen (secondary N) is 2. The Morgan fingerprint density at radius 3 is 2.58 bits per heavy atom. The number of rotatable bonds is 9. The summed E-state index contributed by atoms with van der Waals surface area (Å²) in [5, 5.41) is 9.06. The number of nitrogens with zero attached hydrogens (tertiary/aromatic N) is 1. The molecular weight excluding hydrogens is 451 g/mol. The van der Waals surface area contributed by atoms with Crippen molar-refractivity contribution in [3.05, 3.63) is 80.8 Å². The zero-order valence-electron chi connectivity index (χ0n) is 16.2. The summed E-state index contributed by atoms with van der Waals surface area (Å²) in [7, 11) is 0. The van der Waals surface area contributed by atoms with Crippen molar-refractivity contribution in [1.82, 2.24) is 15.6 Å². The second kappa shape index (κ2) is 10.6. The summed E-state index contributed by atoms with van der Waals surface area (Å²) in [6.45, 7) is 1.34. The highest BCUT2D eigenvalue weighted by Crippen LogP contribution is 2.22. The molecule has 0 spiro atoms. The number of carbonyl (C=O) groups is 1. The molecule has 1 heterocycles. The molecule has 0 fully saturated rings. The molecular formula is C21H19ClF3N3O2S. The summed E-state index contributed by atoms with van der Waals surface area (Å²) in [5.74, 6) is -0.507. The third-order valence-corrected chi connectivity index (χ3v) is 5.22. The third kappa shape index (κ3) is 7.86. The molecule has 1 aromatic heterocycles. The number of thiazole rings is 1. The Labute approximate surface area is 186 Å². The van der Waals surface area contributed by atoms with Gasteiger partial charge in [0.05, 0.1) is 0 Å². The van der Waals surface area contributed by atoms with E-state index in [-0.39, 0.29) is 11.7 Å². The van der Waals surface area contributed by atoms with Crippen molar-refractivity contribution >= 4 is 28.8 Å². The van der Waals surface area contributed by atoms with Gasteiger partial charge in [-0.25, -0.2) is 4.98 Å². The molecule has 0 bridgehead atoms. The van der Waals surface area contributed by atoms with Gasteiger partial charge in [-0.1, -0.05) is 35.9 Å². The standard InChI is InChI=1S/C21H19ClF3N3O2S/c22-16-3-1-2-14(10-16)8-9-27-20(29)18-13-31-19(28-18)12-26-11-15-4-6-17(7-5-15)30-21(23,24)25/h1-7,10,13,26H,8-9,11-12H2,(H,27,29). The Hall–Kier alpha value is -2.62. The molecule has 0 aliphatic heterocycles. The van der Waals surface area contributed by atoms with Crippen LogP contribution in [0.15, 0.2) is 53.9 Å². The first kappa shape index (κ1) is 23.1. The number of amides is 1. The van der Waals surface area contributed by atoms with Crippen molar-refractivity contribution in [1.29, 1.82) is 0 Å². The number of halogens is 4. The monoisotopic (exact) mass is 469 g/mol. The van der Waals surface area contributed by atoms with Crippen molar-refractivity contribution in [2.75, 3.05) is 6.54 Å². The summed E-state index contributed by atoms with van der Waals surface area (Å²) < 4.78 is 40.4. The minimum atomic E-state index is -4.70. The average molecular weight is 470 g/mol. The van der Waals surface area contributed by atoms with E-state index in [1.165, 1.54) is 23.5 Å². The fraction of sp³-hybridized carbons (Fsp3) is 0.238. The van der Waals surface area contributed by atoms with Crippen LogP contribution in [0, 0.1) is 0 Å². The van der Waals surface area contributed by atoms with Gasteiger partial charge in [-0.05, 0) is 41.8 Å². The largest absolute Gasteiger partial charge is 0.573 e. The van der Waals surface area contributed by atoms with Crippen LogP contribution in [0.2, 0.25) is 5.02 Å². The zero-order valence-corrected chi connectivity index (χ0v) is 17.8. The maximum atomic E-state index is 12.2. The van der Waals surface area contributed by atoms with Gasteiger partial charge in [-0.3, -0.25) is 4.79 Å². The lowest BCUT2D eigenvalue weighted by Gasteiger charge is -2.09. The van der Waals surface area contributed by atoms with Gasteiger partial charge >= 0.3 is 6.36 Å². The Bertz CT molecular complexity index is 1010. The maximum Gasteiger partial charge on any atom is 0.573 e. The second-order valence-electron chi connectivity index (χ2n) is 6.56. The maximum absolute atomic E-state index is 12.2. The van der Waals surface area contributed by atoms with Crippen molar-refractivity contribution < 1.29 is 22.7 Å². The molecule has 2 aromatic carbocycles. The van der Waals surface area contributed by atoms with Gasteiger partial charge in [0.2, 0.25) is 0 Å². The predicted molar refractivity (Wildman–Crippen MR) is 113 cm³/mol. The van der Waals surface area contributed by atoms with Crippen LogP contribution in [0.3, 0.4) is 0 Å². The highest BCUT2D eigenvalue weighted by atomic mass is 35.5. The molecule has 1 amide bonds. The van der Waals surface area contributed by atoms with E-state index in [9.17, 15) is 18.0 Å². The van der Waals surface area contributed by atoms with E-state index < -0.39 is 6.36 Å². The van der Waals surface area contributed by atoms with E-state index in [2.05, 4.69) is 20.4 Å². The van der Waals surface area contributed by atoms with E-state index in [1.807, 2.05) is 18.2 Å². The van der Waals surface area contributed by atoms with Crippen LogP contribution in [0.5, 0.6) is 5.75 Å².